The number of benzene rings is 1. The van der Waals surface area contributed by atoms with Crippen molar-refractivity contribution in [3.63, 3.8) is 0 Å². The van der Waals surface area contributed by atoms with E-state index in [1.54, 1.807) is 13.0 Å². The fraction of sp³-hybridized carbons (Fsp3) is 0.167. The minimum atomic E-state index is -1.09. The molecule has 2 aromatic heterocycles. The molecule has 1 N–H and O–H groups in total. The fourth-order valence-corrected chi connectivity index (χ4v) is 3.70. The van der Waals surface area contributed by atoms with E-state index in [4.69, 9.17) is 11.6 Å². The van der Waals surface area contributed by atoms with E-state index in [9.17, 15) is 14.7 Å². The third-order valence-corrected chi connectivity index (χ3v) is 5.42. The van der Waals surface area contributed by atoms with Crippen molar-refractivity contribution < 1.29 is 9.90 Å². The first-order valence-electron chi connectivity index (χ1n) is 7.50. The zero-order valence-electron chi connectivity index (χ0n) is 13.8. The van der Waals surface area contributed by atoms with Crippen LogP contribution in [-0.2, 0) is 0 Å². The maximum atomic E-state index is 12.5. The van der Waals surface area contributed by atoms with Crippen molar-refractivity contribution in [2.45, 2.75) is 20.8 Å². The molecule has 0 saturated carbocycles. The predicted molar refractivity (Wildman–Crippen MR) is 101 cm³/mol. The lowest BCUT2D eigenvalue weighted by Crippen LogP contribution is -2.17. The summed E-state index contributed by atoms with van der Waals surface area (Å²) < 4.78 is 1.24. The molecule has 3 rings (SSSR count). The molecule has 0 aliphatic rings. The van der Waals surface area contributed by atoms with E-state index in [1.807, 2.05) is 38.1 Å². The molecule has 3 aromatic rings. The van der Waals surface area contributed by atoms with E-state index in [-0.39, 0.29) is 9.90 Å². The number of aromatic nitrogens is 2. The van der Waals surface area contributed by atoms with Crippen molar-refractivity contribution in [1.29, 1.82) is 0 Å². The molecule has 0 saturated heterocycles. The molecular formula is C18H15ClN2O3S. The zero-order valence-corrected chi connectivity index (χ0v) is 15.4. The van der Waals surface area contributed by atoms with Crippen LogP contribution in [0.25, 0.3) is 17.1 Å². The van der Waals surface area contributed by atoms with E-state index in [1.165, 1.54) is 4.40 Å². The van der Waals surface area contributed by atoms with Crippen LogP contribution in [0, 0.1) is 20.8 Å². The minimum absolute atomic E-state index is 0.0307. The van der Waals surface area contributed by atoms with Gasteiger partial charge in [0.25, 0.3) is 5.56 Å². The highest BCUT2D eigenvalue weighted by Crippen LogP contribution is 2.23. The van der Waals surface area contributed by atoms with Crippen LogP contribution in [0.3, 0.4) is 0 Å². The van der Waals surface area contributed by atoms with Crippen molar-refractivity contribution in [3.05, 3.63) is 66.5 Å². The highest BCUT2D eigenvalue weighted by atomic mass is 35.5. The molecule has 0 spiro atoms. The van der Waals surface area contributed by atoms with Gasteiger partial charge in [-0.3, -0.25) is 9.20 Å². The maximum absolute atomic E-state index is 12.5. The van der Waals surface area contributed by atoms with Gasteiger partial charge in [0, 0.05) is 0 Å². The topological polar surface area (TPSA) is 71.7 Å². The normalized spacial score (nSPS) is 11.5. The second-order valence-electron chi connectivity index (χ2n) is 5.75. The summed E-state index contributed by atoms with van der Waals surface area (Å²) in [5.74, 6) is -1.09. The highest BCUT2D eigenvalue weighted by Gasteiger charge is 2.19. The molecule has 0 aliphatic carbocycles. The number of carbonyl (C=O) groups is 1. The number of fused-ring (bicyclic) bond motifs is 1. The molecular weight excluding hydrogens is 360 g/mol. The number of hydrogen-bond acceptors (Lipinski definition) is 4. The Morgan fingerprint density at radius 2 is 2.00 bits per heavy atom. The van der Waals surface area contributed by atoms with E-state index in [0.29, 0.717) is 16.3 Å². The Hall–Kier alpha value is -2.44. The average molecular weight is 375 g/mol. The summed E-state index contributed by atoms with van der Waals surface area (Å²) in [5, 5.41) is 9.19. The molecule has 25 heavy (non-hydrogen) atoms. The summed E-state index contributed by atoms with van der Waals surface area (Å²) in [7, 11) is 0. The van der Waals surface area contributed by atoms with Crippen LogP contribution in [0.1, 0.15) is 37.7 Å². The van der Waals surface area contributed by atoms with Gasteiger partial charge >= 0.3 is 5.97 Å². The Morgan fingerprint density at radius 1 is 1.28 bits per heavy atom. The second kappa shape index (κ2) is 6.46. The van der Waals surface area contributed by atoms with Crippen molar-refractivity contribution in [1.82, 2.24) is 9.38 Å². The Bertz CT molecular complexity index is 1100. The molecule has 0 aliphatic heterocycles. The number of halogens is 1. The van der Waals surface area contributed by atoms with Gasteiger partial charge in [-0.2, -0.15) is 0 Å². The third kappa shape index (κ3) is 3.10. The monoisotopic (exact) mass is 374 g/mol. The Balaban J connectivity index is 2.16. The first-order valence-corrected chi connectivity index (χ1v) is 8.69. The van der Waals surface area contributed by atoms with E-state index < -0.39 is 11.5 Å². The summed E-state index contributed by atoms with van der Waals surface area (Å²) in [6.45, 7) is 5.56. The number of carboxylic acids is 1. The minimum Gasteiger partial charge on any atom is -0.477 e. The average Bonchev–Trinajstić information content (AvgIpc) is 2.89. The maximum Gasteiger partial charge on any atom is 0.347 e. The number of carboxylic acid groups (broad SMARTS) is 1. The summed E-state index contributed by atoms with van der Waals surface area (Å²) >= 11 is 7.14. The van der Waals surface area contributed by atoms with Gasteiger partial charge < -0.3 is 5.11 Å². The molecule has 0 amide bonds. The lowest BCUT2D eigenvalue weighted by molar-refractivity contribution is 0.0701. The van der Waals surface area contributed by atoms with Crippen LogP contribution in [0.4, 0.5) is 0 Å². The molecule has 0 atom stereocenters. The lowest BCUT2D eigenvalue weighted by Gasteiger charge is -2.03. The third-order valence-electron chi connectivity index (χ3n) is 3.93. The van der Waals surface area contributed by atoms with Crippen LogP contribution in [0.5, 0.6) is 0 Å². The van der Waals surface area contributed by atoms with Crippen molar-refractivity contribution in [3.8, 4) is 0 Å². The molecule has 0 unspecified atom stereocenters. The van der Waals surface area contributed by atoms with Crippen molar-refractivity contribution >= 4 is 46.0 Å². The first kappa shape index (κ1) is 17.4. The number of aromatic carboxylic acids is 1. The molecule has 7 heteroatoms. The van der Waals surface area contributed by atoms with E-state index in [2.05, 4.69) is 4.98 Å². The first-order chi connectivity index (χ1) is 11.8. The van der Waals surface area contributed by atoms with Gasteiger partial charge in [-0.15, -0.1) is 0 Å². The predicted octanol–water partition coefficient (Wildman–Crippen LogP) is 4.20. The standard InChI is InChI=1S/C18H15ClN2O3S/c1-9-4-5-10(2)12(8-9)6-7-13-14(19)16(22)21-11(3)15(17(23)24)25-18(21)20-13/h4-8H,1-3H3,(H,23,24). The summed E-state index contributed by atoms with van der Waals surface area (Å²) in [6, 6.07) is 6.07. The van der Waals surface area contributed by atoms with Crippen LogP contribution in [-0.4, -0.2) is 20.5 Å². The van der Waals surface area contributed by atoms with Gasteiger partial charge in [0.15, 0.2) is 4.96 Å². The fourth-order valence-electron chi connectivity index (χ4n) is 2.54. The number of aryl methyl sites for hydroxylation is 3. The Kier molecular flexibility index (Phi) is 4.49. The van der Waals surface area contributed by atoms with Crippen LogP contribution in [0.2, 0.25) is 5.02 Å². The lowest BCUT2D eigenvalue weighted by atomic mass is 10.1. The summed E-state index contributed by atoms with van der Waals surface area (Å²) in [6.07, 6.45) is 3.53. The zero-order chi connectivity index (χ0) is 18.3. The SMILES string of the molecule is Cc1ccc(C)c(C=Cc2nc3sc(C(=O)O)c(C)n3c(=O)c2Cl)c1. The van der Waals surface area contributed by atoms with Gasteiger partial charge in [0.1, 0.15) is 9.90 Å². The number of nitrogens with zero attached hydrogens (tertiary/aromatic N) is 2. The summed E-state index contributed by atoms with van der Waals surface area (Å²) in [4.78, 5) is 28.5. The Labute approximate surface area is 152 Å². The van der Waals surface area contributed by atoms with Gasteiger partial charge in [-0.25, -0.2) is 9.78 Å². The van der Waals surface area contributed by atoms with Crippen LogP contribution in [0.15, 0.2) is 23.0 Å². The van der Waals surface area contributed by atoms with E-state index in [0.717, 1.165) is 28.0 Å². The largest absolute Gasteiger partial charge is 0.477 e. The molecule has 0 radical (unpaired) electrons. The van der Waals surface area contributed by atoms with Gasteiger partial charge in [-0.05, 0) is 38.0 Å². The van der Waals surface area contributed by atoms with Gasteiger partial charge in [-0.1, -0.05) is 52.8 Å². The molecule has 5 nitrogen and oxygen atoms in total. The summed E-state index contributed by atoms with van der Waals surface area (Å²) in [5.41, 5.74) is 3.42. The smallest absolute Gasteiger partial charge is 0.347 e. The molecule has 0 fully saturated rings. The molecule has 2 heterocycles. The molecule has 1 aromatic carbocycles. The second-order valence-corrected chi connectivity index (χ2v) is 7.10. The van der Waals surface area contributed by atoms with Crippen molar-refractivity contribution in [2.24, 2.45) is 0 Å². The van der Waals surface area contributed by atoms with Gasteiger partial charge in [0.05, 0.1) is 11.4 Å². The van der Waals surface area contributed by atoms with Gasteiger partial charge in [0.2, 0.25) is 0 Å². The Morgan fingerprint density at radius 3 is 2.68 bits per heavy atom. The number of hydrogen-bond donors (Lipinski definition) is 1. The quantitative estimate of drug-likeness (QED) is 0.745. The number of rotatable bonds is 3. The highest BCUT2D eigenvalue weighted by molar-refractivity contribution is 7.18. The number of thiazole rings is 1. The van der Waals surface area contributed by atoms with Crippen LogP contribution >= 0.6 is 22.9 Å². The van der Waals surface area contributed by atoms with Crippen molar-refractivity contribution in [2.75, 3.05) is 0 Å². The molecule has 0 bridgehead atoms. The van der Waals surface area contributed by atoms with Crippen LogP contribution < -0.4 is 5.56 Å². The van der Waals surface area contributed by atoms with E-state index >= 15 is 0 Å². The molecule has 128 valence electrons.